The van der Waals surface area contributed by atoms with Gasteiger partial charge in [-0.05, 0) is 13.3 Å². The van der Waals surface area contributed by atoms with E-state index in [4.69, 9.17) is 0 Å². The van der Waals surface area contributed by atoms with Crippen LogP contribution in [0.5, 0.6) is 0 Å². The molecular formula is C14H13F3O3. The van der Waals surface area contributed by atoms with Crippen molar-refractivity contribution in [2.75, 3.05) is 0 Å². The van der Waals surface area contributed by atoms with Gasteiger partial charge in [-0.2, -0.15) is 13.2 Å². The Morgan fingerprint density at radius 2 is 1.65 bits per heavy atom. The Bertz CT molecular complexity index is 506. The maximum absolute atomic E-state index is 12.5. The highest BCUT2D eigenvalue weighted by molar-refractivity contribution is 6.12. The maximum Gasteiger partial charge on any atom is 0.450 e. The van der Waals surface area contributed by atoms with Crippen molar-refractivity contribution in [3.05, 3.63) is 35.9 Å². The quantitative estimate of drug-likeness (QED) is 0.596. The Kier molecular flexibility index (Phi) is 5.19. The van der Waals surface area contributed by atoms with Gasteiger partial charge in [-0.15, -0.1) is 0 Å². The second-order valence-corrected chi connectivity index (χ2v) is 4.39. The Balaban J connectivity index is 3.01. The van der Waals surface area contributed by atoms with Gasteiger partial charge in [0.1, 0.15) is 5.78 Å². The van der Waals surface area contributed by atoms with E-state index in [1.54, 1.807) is 6.07 Å². The maximum atomic E-state index is 12.5. The van der Waals surface area contributed by atoms with E-state index in [0.717, 1.165) is 0 Å². The number of benzene rings is 1. The van der Waals surface area contributed by atoms with Gasteiger partial charge in [0.2, 0.25) is 5.78 Å². The first-order chi connectivity index (χ1) is 9.23. The number of alkyl halides is 3. The number of rotatable bonds is 6. The first kappa shape index (κ1) is 16.1. The number of hydrogen-bond acceptors (Lipinski definition) is 3. The predicted molar refractivity (Wildman–Crippen MR) is 65.2 cm³/mol. The number of carbonyl (C=O) groups excluding carboxylic acids is 3. The minimum atomic E-state index is -5.09. The van der Waals surface area contributed by atoms with E-state index >= 15 is 0 Å². The van der Waals surface area contributed by atoms with Crippen LogP contribution in [0.25, 0.3) is 0 Å². The second kappa shape index (κ2) is 6.45. The smallest absolute Gasteiger partial charge is 0.300 e. The third kappa shape index (κ3) is 4.29. The fourth-order valence-electron chi connectivity index (χ4n) is 1.73. The van der Waals surface area contributed by atoms with Crippen molar-refractivity contribution >= 4 is 17.3 Å². The van der Waals surface area contributed by atoms with Crippen LogP contribution in [0.2, 0.25) is 0 Å². The van der Waals surface area contributed by atoms with E-state index < -0.39 is 30.1 Å². The molecule has 0 radical (unpaired) electrons. The van der Waals surface area contributed by atoms with Gasteiger partial charge in [0.15, 0.2) is 5.78 Å². The topological polar surface area (TPSA) is 51.2 Å². The molecule has 0 saturated carbocycles. The molecule has 0 amide bonds. The van der Waals surface area contributed by atoms with Crippen LogP contribution < -0.4 is 0 Å². The molecule has 0 aliphatic heterocycles. The van der Waals surface area contributed by atoms with Crippen LogP contribution in [0.4, 0.5) is 13.2 Å². The van der Waals surface area contributed by atoms with Crippen molar-refractivity contribution < 1.29 is 27.6 Å². The molecule has 1 atom stereocenters. The molecule has 1 aromatic rings. The van der Waals surface area contributed by atoms with E-state index in [1.807, 2.05) is 0 Å². The highest BCUT2D eigenvalue weighted by Crippen LogP contribution is 2.26. The van der Waals surface area contributed by atoms with Crippen molar-refractivity contribution in [3.63, 3.8) is 0 Å². The van der Waals surface area contributed by atoms with Gasteiger partial charge in [0.25, 0.3) is 0 Å². The summed E-state index contributed by atoms with van der Waals surface area (Å²) in [7, 11) is 0. The number of carbonyl (C=O) groups is 3. The molecule has 0 fully saturated rings. The normalized spacial score (nSPS) is 12.8. The molecule has 108 valence electrons. The Morgan fingerprint density at radius 3 is 2.10 bits per heavy atom. The number of hydrogen-bond donors (Lipinski definition) is 0. The SMILES string of the molecule is CC(=O)CCC(C(=O)c1ccccc1)C(=O)C(F)(F)F. The van der Waals surface area contributed by atoms with E-state index in [0.29, 0.717) is 0 Å². The highest BCUT2D eigenvalue weighted by Gasteiger charge is 2.45. The van der Waals surface area contributed by atoms with Gasteiger partial charge in [-0.25, -0.2) is 0 Å². The van der Waals surface area contributed by atoms with Gasteiger partial charge >= 0.3 is 6.18 Å². The van der Waals surface area contributed by atoms with Crippen LogP contribution in [0.1, 0.15) is 30.1 Å². The average Bonchev–Trinajstić information content (AvgIpc) is 2.38. The van der Waals surface area contributed by atoms with Crippen LogP contribution in [-0.2, 0) is 9.59 Å². The predicted octanol–water partition coefficient (Wildman–Crippen LogP) is 2.99. The summed E-state index contributed by atoms with van der Waals surface area (Å²) in [5.41, 5.74) is 0.0265. The van der Waals surface area contributed by atoms with Gasteiger partial charge in [0, 0.05) is 12.0 Å². The van der Waals surface area contributed by atoms with Crippen molar-refractivity contribution in [2.45, 2.75) is 25.9 Å². The molecule has 0 aliphatic carbocycles. The summed E-state index contributed by atoms with van der Waals surface area (Å²) < 4.78 is 37.5. The van der Waals surface area contributed by atoms with Crippen molar-refractivity contribution in [2.24, 2.45) is 5.92 Å². The Morgan fingerprint density at radius 1 is 1.10 bits per heavy atom. The monoisotopic (exact) mass is 286 g/mol. The average molecular weight is 286 g/mol. The number of halogens is 3. The van der Waals surface area contributed by atoms with E-state index in [-0.39, 0.29) is 17.8 Å². The molecule has 0 N–H and O–H groups in total. The summed E-state index contributed by atoms with van der Waals surface area (Å²) in [6.07, 6.45) is -5.77. The fourth-order valence-corrected chi connectivity index (χ4v) is 1.73. The summed E-state index contributed by atoms with van der Waals surface area (Å²) in [5, 5.41) is 0. The third-order valence-corrected chi connectivity index (χ3v) is 2.76. The van der Waals surface area contributed by atoms with Crippen LogP contribution in [0.15, 0.2) is 30.3 Å². The molecule has 1 aromatic carbocycles. The summed E-state index contributed by atoms with van der Waals surface area (Å²) >= 11 is 0. The summed E-state index contributed by atoms with van der Waals surface area (Å²) in [6.45, 7) is 1.20. The molecule has 20 heavy (non-hydrogen) atoms. The lowest BCUT2D eigenvalue weighted by Crippen LogP contribution is -2.35. The molecule has 0 heterocycles. The first-order valence-electron chi connectivity index (χ1n) is 5.93. The number of ketones is 3. The van der Waals surface area contributed by atoms with Crippen LogP contribution >= 0.6 is 0 Å². The van der Waals surface area contributed by atoms with Gasteiger partial charge in [-0.3, -0.25) is 9.59 Å². The Labute approximate surface area is 113 Å². The van der Waals surface area contributed by atoms with E-state index in [2.05, 4.69) is 0 Å². The fraction of sp³-hybridized carbons (Fsp3) is 0.357. The molecule has 1 rings (SSSR count). The lowest BCUT2D eigenvalue weighted by Gasteiger charge is -2.16. The molecule has 0 saturated heterocycles. The van der Waals surface area contributed by atoms with E-state index in [9.17, 15) is 27.6 Å². The summed E-state index contributed by atoms with van der Waals surface area (Å²) in [5.74, 6) is -5.24. The Hall–Kier alpha value is -1.98. The van der Waals surface area contributed by atoms with Crippen LogP contribution in [-0.4, -0.2) is 23.5 Å². The lowest BCUT2D eigenvalue weighted by molar-refractivity contribution is -0.174. The molecular weight excluding hydrogens is 273 g/mol. The first-order valence-corrected chi connectivity index (χ1v) is 5.93. The molecule has 1 unspecified atom stereocenters. The second-order valence-electron chi connectivity index (χ2n) is 4.39. The minimum Gasteiger partial charge on any atom is -0.300 e. The zero-order valence-electron chi connectivity index (χ0n) is 10.7. The molecule has 6 heteroatoms. The van der Waals surface area contributed by atoms with Crippen LogP contribution in [0.3, 0.4) is 0 Å². The molecule has 0 bridgehead atoms. The third-order valence-electron chi connectivity index (χ3n) is 2.76. The van der Waals surface area contributed by atoms with E-state index in [1.165, 1.54) is 31.2 Å². The standard InChI is InChI=1S/C14H13F3O3/c1-9(18)7-8-11(13(20)14(15,16)17)12(19)10-5-3-2-4-6-10/h2-6,11H,7-8H2,1H3. The van der Waals surface area contributed by atoms with Gasteiger partial charge in [0.05, 0.1) is 5.92 Å². The molecule has 3 nitrogen and oxygen atoms in total. The highest BCUT2D eigenvalue weighted by atomic mass is 19.4. The summed E-state index contributed by atoms with van der Waals surface area (Å²) in [6, 6.07) is 7.27. The van der Waals surface area contributed by atoms with Crippen molar-refractivity contribution in [1.82, 2.24) is 0 Å². The van der Waals surface area contributed by atoms with Crippen molar-refractivity contribution in [3.8, 4) is 0 Å². The largest absolute Gasteiger partial charge is 0.450 e. The summed E-state index contributed by atoms with van der Waals surface area (Å²) in [4.78, 5) is 34.2. The molecule has 0 aromatic heterocycles. The van der Waals surface area contributed by atoms with Gasteiger partial charge in [-0.1, -0.05) is 30.3 Å². The van der Waals surface area contributed by atoms with Crippen molar-refractivity contribution in [1.29, 1.82) is 0 Å². The number of Topliss-reactive ketones (excluding diaryl/α,β-unsaturated/α-hetero) is 3. The van der Waals surface area contributed by atoms with Crippen LogP contribution in [0, 0.1) is 5.92 Å². The van der Waals surface area contributed by atoms with Gasteiger partial charge < -0.3 is 4.79 Å². The lowest BCUT2D eigenvalue weighted by atomic mass is 9.88. The molecule has 0 aliphatic rings. The zero-order chi connectivity index (χ0) is 15.3. The molecule has 0 spiro atoms. The minimum absolute atomic E-state index is 0.0265. The zero-order valence-corrected chi connectivity index (χ0v) is 10.7.